The highest BCUT2D eigenvalue weighted by molar-refractivity contribution is 8.16. The summed E-state index contributed by atoms with van der Waals surface area (Å²) in [6, 6.07) is 12.0. The molecule has 2 aromatic rings. The fourth-order valence-corrected chi connectivity index (χ4v) is 4.02. The standard InChI is InChI=1S/C19H16Cl2N2O3S/c1-19(10-11-3-5-12(6-4-11)16(24)26-2)17(25)23-18(27-19)22-13-7-8-14(20)15(21)9-13/h3-9H,10H2,1-2H3,(H,22,23,25). The molecule has 0 spiro atoms. The zero-order valence-electron chi connectivity index (χ0n) is 14.6. The zero-order chi connectivity index (χ0) is 19.6. The Bertz CT molecular complexity index is 931. The first-order valence-corrected chi connectivity index (χ1v) is 9.59. The van der Waals surface area contributed by atoms with E-state index >= 15 is 0 Å². The number of rotatable bonds is 4. The maximum absolute atomic E-state index is 12.5. The Morgan fingerprint density at radius 3 is 2.52 bits per heavy atom. The minimum absolute atomic E-state index is 0.122. The molecule has 0 radical (unpaired) electrons. The lowest BCUT2D eigenvalue weighted by Crippen LogP contribution is -2.35. The fourth-order valence-electron chi connectivity index (χ4n) is 2.62. The Labute approximate surface area is 171 Å². The number of thioether (sulfide) groups is 1. The van der Waals surface area contributed by atoms with Crippen molar-refractivity contribution in [3.05, 3.63) is 63.6 Å². The largest absolute Gasteiger partial charge is 0.465 e. The van der Waals surface area contributed by atoms with Gasteiger partial charge >= 0.3 is 5.97 Å². The van der Waals surface area contributed by atoms with E-state index in [9.17, 15) is 9.59 Å². The van der Waals surface area contributed by atoms with Gasteiger partial charge in [0.15, 0.2) is 5.17 Å². The molecule has 1 aliphatic rings. The summed E-state index contributed by atoms with van der Waals surface area (Å²) < 4.78 is 3.99. The Hall–Kier alpha value is -2.02. The first-order chi connectivity index (χ1) is 12.8. The first kappa shape index (κ1) is 19.7. The smallest absolute Gasteiger partial charge is 0.337 e. The number of carbonyl (C=O) groups is 2. The molecule has 1 amide bonds. The number of methoxy groups -OCH3 is 1. The molecule has 0 aliphatic carbocycles. The number of nitrogens with one attached hydrogen (secondary N) is 1. The molecule has 1 unspecified atom stereocenters. The third-order valence-corrected chi connectivity index (χ3v) is 5.98. The van der Waals surface area contributed by atoms with Gasteiger partial charge in [-0.1, -0.05) is 47.1 Å². The van der Waals surface area contributed by atoms with E-state index in [0.29, 0.717) is 32.9 Å². The molecule has 3 rings (SSSR count). The van der Waals surface area contributed by atoms with E-state index in [1.165, 1.54) is 18.9 Å². The average Bonchev–Trinajstić information content (AvgIpc) is 2.91. The summed E-state index contributed by atoms with van der Waals surface area (Å²) in [6.07, 6.45) is 0.491. The van der Waals surface area contributed by atoms with Gasteiger partial charge in [-0.3, -0.25) is 4.79 Å². The van der Waals surface area contributed by atoms with Gasteiger partial charge in [0.1, 0.15) is 4.75 Å². The van der Waals surface area contributed by atoms with Crippen LogP contribution < -0.4 is 5.32 Å². The average molecular weight is 423 g/mol. The SMILES string of the molecule is COC(=O)c1ccc(CC2(C)SC(=Nc3ccc(Cl)c(Cl)c3)NC2=O)cc1. The van der Waals surface area contributed by atoms with Gasteiger partial charge in [-0.2, -0.15) is 0 Å². The van der Waals surface area contributed by atoms with E-state index in [1.807, 2.05) is 19.1 Å². The highest BCUT2D eigenvalue weighted by atomic mass is 35.5. The van der Waals surface area contributed by atoms with Gasteiger partial charge in [0.25, 0.3) is 0 Å². The lowest BCUT2D eigenvalue weighted by atomic mass is 9.98. The number of hydrogen-bond donors (Lipinski definition) is 1. The van der Waals surface area contributed by atoms with Gasteiger partial charge in [-0.05, 0) is 49.2 Å². The van der Waals surface area contributed by atoms with Crippen LogP contribution in [0, 0.1) is 0 Å². The quantitative estimate of drug-likeness (QED) is 0.729. The van der Waals surface area contributed by atoms with Crippen molar-refractivity contribution in [2.45, 2.75) is 18.1 Å². The number of hydrogen-bond acceptors (Lipinski definition) is 5. The predicted molar refractivity (Wildman–Crippen MR) is 109 cm³/mol. The topological polar surface area (TPSA) is 67.8 Å². The molecular weight excluding hydrogens is 407 g/mol. The summed E-state index contributed by atoms with van der Waals surface area (Å²) in [6.45, 7) is 1.86. The van der Waals surface area contributed by atoms with E-state index in [1.54, 1.807) is 30.3 Å². The van der Waals surface area contributed by atoms with E-state index in [2.05, 4.69) is 10.3 Å². The van der Waals surface area contributed by atoms with Gasteiger partial charge in [-0.15, -0.1) is 0 Å². The van der Waals surface area contributed by atoms with Crippen LogP contribution in [0.5, 0.6) is 0 Å². The number of esters is 1. The van der Waals surface area contributed by atoms with E-state index in [0.717, 1.165) is 5.56 Å². The van der Waals surface area contributed by atoms with Gasteiger partial charge in [-0.25, -0.2) is 9.79 Å². The van der Waals surface area contributed by atoms with Crippen LogP contribution in [0.2, 0.25) is 10.0 Å². The molecule has 1 atom stereocenters. The second-order valence-electron chi connectivity index (χ2n) is 6.17. The van der Waals surface area contributed by atoms with Crippen molar-refractivity contribution in [2.75, 3.05) is 7.11 Å². The number of benzene rings is 2. The normalized spacial score (nSPS) is 20.6. The monoisotopic (exact) mass is 422 g/mol. The molecule has 1 aliphatic heterocycles. The van der Waals surface area contributed by atoms with Crippen LogP contribution in [0.25, 0.3) is 0 Å². The minimum Gasteiger partial charge on any atom is -0.465 e. The Morgan fingerprint density at radius 1 is 1.19 bits per heavy atom. The maximum atomic E-state index is 12.5. The summed E-state index contributed by atoms with van der Waals surface area (Å²) in [5.74, 6) is -0.514. The number of amidine groups is 1. The summed E-state index contributed by atoms with van der Waals surface area (Å²) in [7, 11) is 1.34. The fraction of sp³-hybridized carbons (Fsp3) is 0.211. The van der Waals surface area contributed by atoms with Crippen molar-refractivity contribution in [2.24, 2.45) is 4.99 Å². The number of carbonyl (C=O) groups excluding carboxylic acids is 2. The molecule has 1 heterocycles. The van der Waals surface area contributed by atoms with Crippen LogP contribution in [0.4, 0.5) is 5.69 Å². The van der Waals surface area contributed by atoms with Crippen molar-refractivity contribution < 1.29 is 14.3 Å². The third-order valence-electron chi connectivity index (χ3n) is 4.07. The number of amides is 1. The zero-order valence-corrected chi connectivity index (χ0v) is 16.9. The van der Waals surface area contributed by atoms with Gasteiger partial charge in [0.2, 0.25) is 5.91 Å². The van der Waals surface area contributed by atoms with Crippen molar-refractivity contribution in [1.82, 2.24) is 5.32 Å². The van der Waals surface area contributed by atoms with E-state index < -0.39 is 10.7 Å². The summed E-state index contributed by atoms with van der Waals surface area (Å²) in [4.78, 5) is 28.5. The number of nitrogens with zero attached hydrogens (tertiary/aromatic N) is 1. The first-order valence-electron chi connectivity index (χ1n) is 8.02. The molecule has 0 saturated carbocycles. The Balaban J connectivity index is 1.76. The van der Waals surface area contributed by atoms with Crippen LogP contribution in [0.1, 0.15) is 22.8 Å². The molecule has 140 valence electrons. The molecular formula is C19H16Cl2N2O3S. The van der Waals surface area contributed by atoms with Gasteiger partial charge in [0, 0.05) is 0 Å². The molecule has 1 N–H and O–H groups in total. The van der Waals surface area contributed by atoms with Crippen molar-refractivity contribution in [1.29, 1.82) is 0 Å². The third kappa shape index (κ3) is 4.46. The van der Waals surface area contributed by atoms with Gasteiger partial charge < -0.3 is 10.1 Å². The molecule has 5 nitrogen and oxygen atoms in total. The van der Waals surface area contributed by atoms with Crippen molar-refractivity contribution in [3.8, 4) is 0 Å². The van der Waals surface area contributed by atoms with Crippen molar-refractivity contribution in [3.63, 3.8) is 0 Å². The lowest BCUT2D eigenvalue weighted by Gasteiger charge is -2.18. The molecule has 1 fully saturated rings. The number of ether oxygens (including phenoxy) is 1. The number of halogens is 2. The number of aliphatic imine (C=N–C) groups is 1. The Morgan fingerprint density at radius 2 is 1.89 bits per heavy atom. The summed E-state index contributed by atoms with van der Waals surface area (Å²) in [5.41, 5.74) is 2.01. The molecule has 8 heteroatoms. The lowest BCUT2D eigenvalue weighted by molar-refractivity contribution is -0.121. The van der Waals surface area contributed by atoms with Crippen LogP contribution in [-0.4, -0.2) is 28.9 Å². The van der Waals surface area contributed by atoms with Crippen LogP contribution in [-0.2, 0) is 16.0 Å². The van der Waals surface area contributed by atoms with E-state index in [-0.39, 0.29) is 5.91 Å². The highest BCUT2D eigenvalue weighted by Crippen LogP contribution is 2.36. The minimum atomic E-state index is -0.707. The molecule has 27 heavy (non-hydrogen) atoms. The molecule has 1 saturated heterocycles. The second kappa shape index (κ2) is 7.92. The molecule has 0 aromatic heterocycles. The summed E-state index contributed by atoms with van der Waals surface area (Å²) in [5, 5.41) is 4.17. The van der Waals surface area contributed by atoms with Crippen LogP contribution in [0.3, 0.4) is 0 Å². The molecule has 0 bridgehead atoms. The van der Waals surface area contributed by atoms with E-state index in [4.69, 9.17) is 27.9 Å². The summed E-state index contributed by atoms with van der Waals surface area (Å²) >= 11 is 13.3. The predicted octanol–water partition coefficient (Wildman–Crippen LogP) is 4.63. The molecule has 2 aromatic carbocycles. The highest BCUT2D eigenvalue weighted by Gasteiger charge is 2.42. The van der Waals surface area contributed by atoms with Crippen LogP contribution in [0.15, 0.2) is 47.5 Å². The maximum Gasteiger partial charge on any atom is 0.337 e. The van der Waals surface area contributed by atoms with Crippen LogP contribution >= 0.6 is 35.0 Å². The van der Waals surface area contributed by atoms with Gasteiger partial charge in [0.05, 0.1) is 28.4 Å². The van der Waals surface area contributed by atoms with Crippen molar-refractivity contribution >= 4 is 57.7 Å². The second-order valence-corrected chi connectivity index (χ2v) is 8.47. The Kier molecular flexibility index (Phi) is 5.79.